The molecule has 0 saturated heterocycles. The van der Waals surface area contributed by atoms with Gasteiger partial charge in [0.1, 0.15) is 0 Å². The first-order chi connectivity index (χ1) is 11.6. The molecule has 1 atom stereocenters. The van der Waals surface area contributed by atoms with Crippen molar-refractivity contribution in [1.82, 2.24) is 15.6 Å². The normalized spacial score (nSPS) is 12.0. The molecule has 0 saturated carbocycles. The SMILES string of the molecule is C=C(C)CNC(=S)NC[C@H](c1cccs1)c1c[nH]c2ccccc12. The third-order valence-corrected chi connectivity index (χ3v) is 5.18. The van der Waals surface area contributed by atoms with Crippen molar-refractivity contribution in [3.63, 3.8) is 0 Å². The Morgan fingerprint density at radius 2 is 2.08 bits per heavy atom. The number of rotatable bonds is 6. The van der Waals surface area contributed by atoms with Crippen LogP contribution in [-0.2, 0) is 0 Å². The number of thiophene rings is 1. The van der Waals surface area contributed by atoms with E-state index in [0.717, 1.165) is 17.6 Å². The Balaban J connectivity index is 1.80. The van der Waals surface area contributed by atoms with Crippen LogP contribution in [0.3, 0.4) is 0 Å². The van der Waals surface area contributed by atoms with Crippen molar-refractivity contribution in [2.24, 2.45) is 0 Å². The van der Waals surface area contributed by atoms with Gasteiger partial charge in [-0.15, -0.1) is 11.3 Å². The Labute approximate surface area is 151 Å². The van der Waals surface area contributed by atoms with Gasteiger partial charge in [-0.25, -0.2) is 0 Å². The predicted octanol–water partition coefficient (Wildman–Crippen LogP) is 4.40. The van der Waals surface area contributed by atoms with E-state index in [2.05, 4.69) is 70.2 Å². The molecule has 0 unspecified atom stereocenters. The van der Waals surface area contributed by atoms with Gasteiger partial charge in [0.05, 0.1) is 0 Å². The lowest BCUT2D eigenvalue weighted by Crippen LogP contribution is -2.38. The molecule has 0 spiro atoms. The van der Waals surface area contributed by atoms with E-state index in [1.807, 2.05) is 6.92 Å². The first kappa shape index (κ1) is 16.7. The molecular weight excluding hydrogens is 334 g/mol. The summed E-state index contributed by atoms with van der Waals surface area (Å²) in [5.74, 6) is 0.255. The molecule has 124 valence electrons. The van der Waals surface area contributed by atoms with Crippen LogP contribution in [0.5, 0.6) is 0 Å². The lowest BCUT2D eigenvalue weighted by atomic mass is 9.97. The van der Waals surface area contributed by atoms with E-state index in [1.54, 1.807) is 11.3 Å². The van der Waals surface area contributed by atoms with Crippen LogP contribution in [0.25, 0.3) is 10.9 Å². The molecule has 0 amide bonds. The average Bonchev–Trinajstić information content (AvgIpc) is 3.24. The van der Waals surface area contributed by atoms with Crippen molar-refractivity contribution in [1.29, 1.82) is 0 Å². The number of hydrogen-bond acceptors (Lipinski definition) is 2. The topological polar surface area (TPSA) is 39.8 Å². The molecule has 0 aliphatic rings. The number of aromatic nitrogens is 1. The second-order valence-electron chi connectivity index (χ2n) is 5.88. The molecule has 3 N–H and O–H groups in total. The van der Waals surface area contributed by atoms with Crippen molar-refractivity contribution in [2.45, 2.75) is 12.8 Å². The van der Waals surface area contributed by atoms with Gasteiger partial charge in [-0.3, -0.25) is 0 Å². The number of nitrogens with one attached hydrogen (secondary N) is 3. The number of aromatic amines is 1. The summed E-state index contributed by atoms with van der Waals surface area (Å²) in [6.45, 7) is 7.32. The van der Waals surface area contributed by atoms with Gasteiger partial charge >= 0.3 is 0 Å². The summed E-state index contributed by atoms with van der Waals surface area (Å²) < 4.78 is 0. The van der Waals surface area contributed by atoms with Crippen LogP contribution in [0.1, 0.15) is 23.3 Å². The van der Waals surface area contributed by atoms with E-state index >= 15 is 0 Å². The molecule has 0 aliphatic carbocycles. The number of para-hydroxylation sites is 1. The fourth-order valence-electron chi connectivity index (χ4n) is 2.72. The Morgan fingerprint density at radius 1 is 1.25 bits per heavy atom. The maximum atomic E-state index is 5.38. The van der Waals surface area contributed by atoms with Crippen LogP contribution in [0, 0.1) is 0 Å². The van der Waals surface area contributed by atoms with Crippen LogP contribution in [-0.4, -0.2) is 23.2 Å². The molecule has 0 aliphatic heterocycles. The van der Waals surface area contributed by atoms with Gasteiger partial charge in [0.25, 0.3) is 0 Å². The molecule has 5 heteroatoms. The molecule has 2 aromatic heterocycles. The fourth-order valence-corrected chi connectivity index (χ4v) is 3.73. The lowest BCUT2D eigenvalue weighted by molar-refractivity contribution is 0.760. The van der Waals surface area contributed by atoms with Crippen LogP contribution < -0.4 is 10.6 Å². The van der Waals surface area contributed by atoms with Crippen LogP contribution >= 0.6 is 23.6 Å². The van der Waals surface area contributed by atoms with Gasteiger partial charge < -0.3 is 15.6 Å². The third kappa shape index (κ3) is 3.86. The summed E-state index contributed by atoms with van der Waals surface area (Å²) in [6, 6.07) is 12.7. The van der Waals surface area contributed by atoms with Gasteiger partial charge in [-0.2, -0.15) is 0 Å². The first-order valence-corrected chi connectivity index (χ1v) is 9.19. The van der Waals surface area contributed by atoms with E-state index in [0.29, 0.717) is 11.7 Å². The van der Waals surface area contributed by atoms with Crippen molar-refractivity contribution in [3.05, 3.63) is 70.6 Å². The van der Waals surface area contributed by atoms with Crippen LogP contribution in [0.2, 0.25) is 0 Å². The van der Waals surface area contributed by atoms with Crippen LogP contribution in [0.15, 0.2) is 60.1 Å². The highest BCUT2D eigenvalue weighted by Crippen LogP contribution is 2.32. The van der Waals surface area contributed by atoms with Crippen molar-refractivity contribution < 1.29 is 0 Å². The summed E-state index contributed by atoms with van der Waals surface area (Å²) in [4.78, 5) is 4.70. The Bertz CT molecular complexity index is 833. The maximum Gasteiger partial charge on any atom is 0.166 e. The predicted molar refractivity (Wildman–Crippen MR) is 108 cm³/mol. The quantitative estimate of drug-likeness (QED) is 0.453. The van der Waals surface area contributed by atoms with Gasteiger partial charge in [0, 0.05) is 41.0 Å². The van der Waals surface area contributed by atoms with Gasteiger partial charge in [0.2, 0.25) is 0 Å². The van der Waals surface area contributed by atoms with Crippen molar-refractivity contribution in [3.8, 4) is 0 Å². The third-order valence-electron chi connectivity index (χ3n) is 3.90. The molecule has 0 radical (unpaired) electrons. The van der Waals surface area contributed by atoms with E-state index in [-0.39, 0.29) is 5.92 Å². The largest absolute Gasteiger partial charge is 0.362 e. The minimum atomic E-state index is 0.255. The number of thiocarbonyl (C=S) groups is 1. The summed E-state index contributed by atoms with van der Waals surface area (Å²) in [6.07, 6.45) is 2.11. The number of hydrogen-bond donors (Lipinski definition) is 3. The molecule has 3 aromatic rings. The molecule has 3 rings (SSSR count). The van der Waals surface area contributed by atoms with E-state index < -0.39 is 0 Å². The van der Waals surface area contributed by atoms with Gasteiger partial charge in [-0.05, 0) is 42.2 Å². The smallest absolute Gasteiger partial charge is 0.166 e. The van der Waals surface area contributed by atoms with Gasteiger partial charge in [-0.1, -0.05) is 36.4 Å². The highest BCUT2D eigenvalue weighted by atomic mass is 32.1. The van der Waals surface area contributed by atoms with Crippen LogP contribution in [0.4, 0.5) is 0 Å². The van der Waals surface area contributed by atoms with E-state index in [4.69, 9.17) is 12.2 Å². The summed E-state index contributed by atoms with van der Waals surface area (Å²) >= 11 is 7.15. The molecule has 24 heavy (non-hydrogen) atoms. The second kappa shape index (κ2) is 7.64. The molecule has 1 aromatic carbocycles. The molecule has 2 heterocycles. The van der Waals surface area contributed by atoms with E-state index in [9.17, 15) is 0 Å². The monoisotopic (exact) mass is 355 g/mol. The fraction of sp³-hybridized carbons (Fsp3) is 0.211. The highest BCUT2D eigenvalue weighted by molar-refractivity contribution is 7.80. The number of H-pyrrole nitrogens is 1. The zero-order valence-corrected chi connectivity index (χ0v) is 15.3. The van der Waals surface area contributed by atoms with Gasteiger partial charge in [0.15, 0.2) is 5.11 Å². The summed E-state index contributed by atoms with van der Waals surface area (Å²) in [7, 11) is 0. The number of benzene rings is 1. The minimum Gasteiger partial charge on any atom is -0.362 e. The Hall–Kier alpha value is -2.11. The highest BCUT2D eigenvalue weighted by Gasteiger charge is 2.19. The first-order valence-electron chi connectivity index (χ1n) is 7.90. The average molecular weight is 356 g/mol. The zero-order valence-electron chi connectivity index (χ0n) is 13.6. The standard InChI is InChI=1S/C19H21N3S2/c1-13(2)10-21-19(23)22-12-16(18-8-5-9-24-18)15-11-20-17-7-4-3-6-14(15)17/h3-9,11,16,20H,1,10,12H2,2H3,(H2,21,22,23)/t16-/m0/s1. The van der Waals surface area contributed by atoms with E-state index in [1.165, 1.54) is 15.8 Å². The molecule has 0 bridgehead atoms. The maximum absolute atomic E-state index is 5.38. The number of fused-ring (bicyclic) bond motifs is 1. The molecule has 3 nitrogen and oxygen atoms in total. The second-order valence-corrected chi connectivity index (χ2v) is 7.27. The zero-order chi connectivity index (χ0) is 16.9. The molecule has 0 fully saturated rings. The summed E-state index contributed by atoms with van der Waals surface area (Å²) in [5, 5.41) is 10.6. The van der Waals surface area contributed by atoms with Crippen molar-refractivity contribution in [2.75, 3.05) is 13.1 Å². The Kier molecular flexibility index (Phi) is 5.33. The lowest BCUT2D eigenvalue weighted by Gasteiger charge is -2.18. The summed E-state index contributed by atoms with van der Waals surface area (Å²) in [5.41, 5.74) is 3.52. The minimum absolute atomic E-state index is 0.255. The molecular formula is C19H21N3S2. The van der Waals surface area contributed by atoms with Crippen molar-refractivity contribution >= 4 is 39.6 Å². The Morgan fingerprint density at radius 3 is 2.83 bits per heavy atom.